The molecule has 2 aromatic rings. The quantitative estimate of drug-likeness (QED) is 0.464. The Balaban J connectivity index is 2.10. The molecule has 0 fully saturated rings. The van der Waals surface area contributed by atoms with Crippen LogP contribution in [0.2, 0.25) is 0 Å². The highest BCUT2D eigenvalue weighted by Crippen LogP contribution is 2.27. The maximum Gasteiger partial charge on any atom is 0.343 e. The lowest BCUT2D eigenvalue weighted by atomic mass is 10.2. The lowest BCUT2D eigenvalue weighted by Gasteiger charge is -2.12. The summed E-state index contributed by atoms with van der Waals surface area (Å²) in [5, 5.41) is 0. The Morgan fingerprint density at radius 3 is 2.42 bits per heavy atom. The van der Waals surface area contributed by atoms with Gasteiger partial charge in [0.1, 0.15) is 11.5 Å². The number of hydrogen-bond acceptors (Lipinski definition) is 5. The van der Waals surface area contributed by atoms with Crippen molar-refractivity contribution in [1.82, 2.24) is 0 Å². The molecule has 0 unspecified atom stereocenters. The third-order valence-corrected chi connectivity index (χ3v) is 3.87. The van der Waals surface area contributed by atoms with Crippen molar-refractivity contribution in [2.45, 2.75) is 33.3 Å². The second-order valence-electron chi connectivity index (χ2n) is 5.87. The van der Waals surface area contributed by atoms with Crippen LogP contribution in [-0.4, -0.2) is 24.6 Å². The second kappa shape index (κ2) is 9.38. The summed E-state index contributed by atoms with van der Waals surface area (Å²) in [5.41, 5.74) is 0.706. The Bertz CT molecular complexity index is 786. The minimum absolute atomic E-state index is 0.0271. The standard InChI is InChI=1S/C20H21BrO5/c1-4-10-24-19(22)14-6-5-7-16(11-14)26-20(23)15-8-9-18(17(21)12-15)25-13(2)3/h5-9,11-13H,4,10H2,1-3H3. The average Bonchev–Trinajstić information content (AvgIpc) is 2.61. The minimum Gasteiger partial charge on any atom is -0.490 e. The van der Waals surface area contributed by atoms with Crippen LogP contribution in [0.15, 0.2) is 46.9 Å². The molecule has 0 aliphatic carbocycles. The molecular formula is C20H21BrO5. The molecule has 138 valence electrons. The van der Waals surface area contributed by atoms with Gasteiger partial charge in [0.15, 0.2) is 0 Å². The van der Waals surface area contributed by atoms with Gasteiger partial charge in [0.05, 0.1) is 28.3 Å². The molecule has 0 bridgehead atoms. The average molecular weight is 421 g/mol. The molecule has 0 aliphatic heterocycles. The molecule has 0 heterocycles. The number of rotatable bonds is 7. The summed E-state index contributed by atoms with van der Waals surface area (Å²) in [6.45, 7) is 6.11. The van der Waals surface area contributed by atoms with Crippen molar-refractivity contribution in [3.63, 3.8) is 0 Å². The van der Waals surface area contributed by atoms with E-state index in [9.17, 15) is 9.59 Å². The van der Waals surface area contributed by atoms with E-state index in [1.54, 1.807) is 36.4 Å². The highest BCUT2D eigenvalue weighted by Gasteiger charge is 2.14. The molecule has 0 amide bonds. The fourth-order valence-electron chi connectivity index (χ4n) is 2.11. The van der Waals surface area contributed by atoms with Crippen LogP contribution >= 0.6 is 15.9 Å². The number of halogens is 1. The molecule has 0 aliphatic rings. The Hall–Kier alpha value is -2.34. The largest absolute Gasteiger partial charge is 0.490 e. The fraction of sp³-hybridized carbons (Fsp3) is 0.300. The van der Waals surface area contributed by atoms with E-state index < -0.39 is 11.9 Å². The molecule has 0 atom stereocenters. The Labute approximate surface area is 161 Å². The van der Waals surface area contributed by atoms with Crippen LogP contribution in [-0.2, 0) is 4.74 Å². The van der Waals surface area contributed by atoms with Crippen LogP contribution in [0.3, 0.4) is 0 Å². The summed E-state index contributed by atoms with van der Waals surface area (Å²) in [5.74, 6) is -0.0413. The van der Waals surface area contributed by atoms with E-state index in [1.807, 2.05) is 20.8 Å². The molecule has 5 nitrogen and oxygen atoms in total. The first-order valence-corrected chi connectivity index (χ1v) is 9.15. The number of carbonyl (C=O) groups is 2. The molecule has 6 heteroatoms. The van der Waals surface area contributed by atoms with Gasteiger partial charge in [-0.25, -0.2) is 9.59 Å². The Kier molecular flexibility index (Phi) is 7.21. The van der Waals surface area contributed by atoms with Crippen molar-refractivity contribution >= 4 is 27.9 Å². The van der Waals surface area contributed by atoms with Gasteiger partial charge in [-0.15, -0.1) is 0 Å². The van der Waals surface area contributed by atoms with Crippen molar-refractivity contribution in [1.29, 1.82) is 0 Å². The first-order valence-electron chi connectivity index (χ1n) is 8.36. The number of ether oxygens (including phenoxy) is 3. The van der Waals surface area contributed by atoms with E-state index in [2.05, 4.69) is 15.9 Å². The lowest BCUT2D eigenvalue weighted by Crippen LogP contribution is -2.11. The van der Waals surface area contributed by atoms with Crippen LogP contribution in [0.4, 0.5) is 0 Å². The van der Waals surface area contributed by atoms with Gasteiger partial charge in [0, 0.05) is 0 Å². The molecule has 0 aromatic heterocycles. The van der Waals surface area contributed by atoms with Gasteiger partial charge < -0.3 is 14.2 Å². The van der Waals surface area contributed by atoms with Crippen molar-refractivity contribution < 1.29 is 23.8 Å². The topological polar surface area (TPSA) is 61.8 Å². The predicted octanol–water partition coefficient (Wildman–Crippen LogP) is 5.02. The van der Waals surface area contributed by atoms with E-state index in [-0.39, 0.29) is 11.9 Å². The number of carbonyl (C=O) groups excluding carboxylic acids is 2. The molecular weight excluding hydrogens is 400 g/mol. The Morgan fingerprint density at radius 2 is 1.77 bits per heavy atom. The van der Waals surface area contributed by atoms with Gasteiger partial charge >= 0.3 is 11.9 Å². The van der Waals surface area contributed by atoms with E-state index in [4.69, 9.17) is 14.2 Å². The monoisotopic (exact) mass is 420 g/mol. The first kappa shape index (κ1) is 20.0. The van der Waals surface area contributed by atoms with Crippen molar-refractivity contribution in [3.8, 4) is 11.5 Å². The first-order chi connectivity index (χ1) is 12.4. The summed E-state index contributed by atoms with van der Waals surface area (Å²) in [4.78, 5) is 24.3. The smallest absolute Gasteiger partial charge is 0.343 e. The van der Waals surface area contributed by atoms with Crippen molar-refractivity contribution in [3.05, 3.63) is 58.1 Å². The fourth-order valence-corrected chi connectivity index (χ4v) is 2.58. The number of benzene rings is 2. The summed E-state index contributed by atoms with van der Waals surface area (Å²) in [7, 11) is 0. The van der Waals surface area contributed by atoms with Gasteiger partial charge in [-0.1, -0.05) is 13.0 Å². The molecule has 2 rings (SSSR count). The van der Waals surface area contributed by atoms with Crippen LogP contribution < -0.4 is 9.47 Å². The second-order valence-corrected chi connectivity index (χ2v) is 6.72. The molecule has 2 aromatic carbocycles. The number of esters is 2. The number of hydrogen-bond donors (Lipinski definition) is 0. The normalized spacial score (nSPS) is 10.5. The predicted molar refractivity (Wildman–Crippen MR) is 102 cm³/mol. The zero-order valence-electron chi connectivity index (χ0n) is 15.0. The van der Waals surface area contributed by atoms with Crippen LogP contribution in [0.1, 0.15) is 47.9 Å². The highest BCUT2D eigenvalue weighted by molar-refractivity contribution is 9.10. The summed E-state index contributed by atoms with van der Waals surface area (Å²) in [6, 6.07) is 11.3. The van der Waals surface area contributed by atoms with Crippen LogP contribution in [0, 0.1) is 0 Å². The highest BCUT2D eigenvalue weighted by atomic mass is 79.9. The molecule has 26 heavy (non-hydrogen) atoms. The molecule has 0 radical (unpaired) electrons. The summed E-state index contributed by atoms with van der Waals surface area (Å²) >= 11 is 3.39. The lowest BCUT2D eigenvalue weighted by molar-refractivity contribution is 0.0503. The van der Waals surface area contributed by atoms with Crippen molar-refractivity contribution in [2.24, 2.45) is 0 Å². The van der Waals surface area contributed by atoms with Gasteiger partial charge in [-0.05, 0) is 72.6 Å². The maximum atomic E-state index is 12.4. The third-order valence-electron chi connectivity index (χ3n) is 3.25. The van der Waals surface area contributed by atoms with E-state index in [1.165, 1.54) is 6.07 Å². The zero-order valence-corrected chi connectivity index (χ0v) is 16.5. The molecule has 0 spiro atoms. The molecule has 0 saturated heterocycles. The SMILES string of the molecule is CCCOC(=O)c1cccc(OC(=O)c2ccc(OC(C)C)c(Br)c2)c1. The Morgan fingerprint density at radius 1 is 1.04 bits per heavy atom. The van der Waals surface area contributed by atoms with E-state index >= 15 is 0 Å². The van der Waals surface area contributed by atoms with E-state index in [0.717, 1.165) is 6.42 Å². The van der Waals surface area contributed by atoms with Gasteiger partial charge in [0.2, 0.25) is 0 Å². The van der Waals surface area contributed by atoms with Crippen LogP contribution in [0.25, 0.3) is 0 Å². The minimum atomic E-state index is -0.527. The van der Waals surface area contributed by atoms with Crippen LogP contribution in [0.5, 0.6) is 11.5 Å². The zero-order chi connectivity index (χ0) is 19.1. The maximum absolute atomic E-state index is 12.4. The summed E-state index contributed by atoms with van der Waals surface area (Å²) in [6.07, 6.45) is 0.769. The van der Waals surface area contributed by atoms with Gasteiger partial charge in [-0.3, -0.25) is 0 Å². The van der Waals surface area contributed by atoms with Gasteiger partial charge in [0.25, 0.3) is 0 Å². The summed E-state index contributed by atoms with van der Waals surface area (Å²) < 4.78 is 16.7. The van der Waals surface area contributed by atoms with Crippen molar-refractivity contribution in [2.75, 3.05) is 6.61 Å². The molecule has 0 N–H and O–H groups in total. The third kappa shape index (κ3) is 5.59. The van der Waals surface area contributed by atoms with Gasteiger partial charge in [-0.2, -0.15) is 0 Å². The molecule has 0 saturated carbocycles. The van der Waals surface area contributed by atoms with E-state index in [0.29, 0.717) is 28.0 Å².